The highest BCUT2D eigenvalue weighted by atomic mass is 16.5. The van der Waals surface area contributed by atoms with Crippen LogP contribution in [0, 0.1) is 5.92 Å². The fourth-order valence-electron chi connectivity index (χ4n) is 0.923. The summed E-state index contributed by atoms with van der Waals surface area (Å²) in [6, 6.07) is 0. The number of carbonyl (C=O) groups is 1. The first-order valence-corrected chi connectivity index (χ1v) is 2.93. The lowest BCUT2D eigenvalue weighted by molar-refractivity contribution is -0.133. The summed E-state index contributed by atoms with van der Waals surface area (Å²) in [5, 5.41) is 8.17. The molecule has 0 fully saturated rings. The van der Waals surface area contributed by atoms with Crippen molar-refractivity contribution in [1.82, 2.24) is 5.48 Å². The Labute approximate surface area is 53.3 Å². The van der Waals surface area contributed by atoms with Gasteiger partial charge in [0.2, 0.25) is 5.91 Å². The minimum Gasteiger partial charge on any atom is -0.289 e. The van der Waals surface area contributed by atoms with Crippen molar-refractivity contribution in [2.45, 2.75) is 12.8 Å². The van der Waals surface area contributed by atoms with Gasteiger partial charge in [0.1, 0.15) is 0 Å². The lowest BCUT2D eigenvalue weighted by Crippen LogP contribution is -2.25. The minimum absolute atomic E-state index is 0.0324. The van der Waals surface area contributed by atoms with Gasteiger partial charge in [-0.15, -0.1) is 0 Å². The zero-order valence-electron chi connectivity index (χ0n) is 5.00. The van der Waals surface area contributed by atoms with Crippen LogP contribution < -0.4 is 5.48 Å². The molecule has 0 bridgehead atoms. The zero-order valence-corrected chi connectivity index (χ0v) is 5.00. The number of hydrogen-bond donors (Lipinski definition) is 2. The highest BCUT2D eigenvalue weighted by Crippen LogP contribution is 2.16. The molecule has 0 unspecified atom stereocenters. The molecule has 3 nitrogen and oxygen atoms in total. The second kappa shape index (κ2) is 2.64. The van der Waals surface area contributed by atoms with E-state index in [0.29, 0.717) is 0 Å². The van der Waals surface area contributed by atoms with Gasteiger partial charge in [-0.05, 0) is 12.8 Å². The third-order valence-corrected chi connectivity index (χ3v) is 1.49. The van der Waals surface area contributed by atoms with Gasteiger partial charge in [0.15, 0.2) is 0 Å². The Kier molecular flexibility index (Phi) is 1.85. The Balaban J connectivity index is 2.36. The molecule has 50 valence electrons. The standard InChI is InChI=1S/C6H9NO2/c8-6(7-9)5-3-1-2-4-5/h1-2,5,9H,3-4H2,(H,7,8). The normalized spacial score (nSPS) is 18.3. The molecule has 1 rings (SSSR count). The van der Waals surface area contributed by atoms with Crippen LogP contribution >= 0.6 is 0 Å². The van der Waals surface area contributed by atoms with Crippen molar-refractivity contribution in [3.8, 4) is 0 Å². The summed E-state index contributed by atoms with van der Waals surface area (Å²) < 4.78 is 0. The quantitative estimate of drug-likeness (QED) is 0.305. The van der Waals surface area contributed by atoms with Crippen LogP contribution in [-0.2, 0) is 4.79 Å². The molecule has 3 heteroatoms. The molecule has 2 N–H and O–H groups in total. The number of nitrogens with one attached hydrogen (secondary N) is 1. The molecule has 1 aliphatic carbocycles. The van der Waals surface area contributed by atoms with Crippen LogP contribution in [0.4, 0.5) is 0 Å². The van der Waals surface area contributed by atoms with E-state index in [1.165, 1.54) is 0 Å². The third-order valence-electron chi connectivity index (χ3n) is 1.49. The fraction of sp³-hybridized carbons (Fsp3) is 0.500. The smallest absolute Gasteiger partial charge is 0.247 e. The van der Waals surface area contributed by atoms with E-state index in [0.717, 1.165) is 12.8 Å². The van der Waals surface area contributed by atoms with Crippen LogP contribution in [0.3, 0.4) is 0 Å². The minimum atomic E-state index is -0.278. The van der Waals surface area contributed by atoms with E-state index >= 15 is 0 Å². The first-order valence-electron chi connectivity index (χ1n) is 2.93. The predicted octanol–water partition coefficient (Wildman–Crippen LogP) is 0.458. The topological polar surface area (TPSA) is 49.3 Å². The van der Waals surface area contributed by atoms with Crippen LogP contribution in [-0.4, -0.2) is 11.1 Å². The van der Waals surface area contributed by atoms with Crippen molar-refractivity contribution >= 4 is 5.91 Å². The summed E-state index contributed by atoms with van der Waals surface area (Å²) in [5.74, 6) is -0.310. The van der Waals surface area contributed by atoms with Gasteiger partial charge in [0, 0.05) is 5.92 Å². The molecule has 0 aromatic carbocycles. The number of amides is 1. The summed E-state index contributed by atoms with van der Waals surface area (Å²) in [4.78, 5) is 10.6. The first kappa shape index (κ1) is 6.29. The molecular weight excluding hydrogens is 118 g/mol. The molecule has 1 amide bonds. The van der Waals surface area contributed by atoms with Gasteiger partial charge in [-0.2, -0.15) is 0 Å². The third kappa shape index (κ3) is 1.29. The Hall–Kier alpha value is -0.830. The molecule has 9 heavy (non-hydrogen) atoms. The highest BCUT2D eigenvalue weighted by Gasteiger charge is 2.17. The first-order chi connectivity index (χ1) is 4.34. The van der Waals surface area contributed by atoms with Crippen LogP contribution in [0.25, 0.3) is 0 Å². The van der Waals surface area contributed by atoms with Gasteiger partial charge in [0.05, 0.1) is 0 Å². The zero-order chi connectivity index (χ0) is 6.69. The summed E-state index contributed by atoms with van der Waals surface area (Å²) in [7, 11) is 0. The molecule has 0 spiro atoms. The van der Waals surface area contributed by atoms with Gasteiger partial charge < -0.3 is 0 Å². The predicted molar refractivity (Wildman–Crippen MR) is 31.8 cm³/mol. The lowest BCUT2D eigenvalue weighted by Gasteiger charge is -2.03. The van der Waals surface area contributed by atoms with E-state index < -0.39 is 0 Å². The van der Waals surface area contributed by atoms with Crippen LogP contribution in [0.1, 0.15) is 12.8 Å². The average Bonchev–Trinajstić information content (AvgIpc) is 2.37. The largest absolute Gasteiger partial charge is 0.289 e. The Morgan fingerprint density at radius 3 is 2.56 bits per heavy atom. The summed E-state index contributed by atoms with van der Waals surface area (Å²) >= 11 is 0. The number of hydrogen-bond acceptors (Lipinski definition) is 2. The molecule has 0 aliphatic heterocycles. The van der Waals surface area contributed by atoms with Gasteiger partial charge in [-0.3, -0.25) is 10.0 Å². The van der Waals surface area contributed by atoms with E-state index in [9.17, 15) is 4.79 Å². The van der Waals surface area contributed by atoms with Crippen LogP contribution in [0.2, 0.25) is 0 Å². The molecular formula is C6H9NO2. The van der Waals surface area contributed by atoms with E-state index in [1.807, 2.05) is 12.2 Å². The average molecular weight is 127 g/mol. The number of rotatable bonds is 1. The molecule has 0 aromatic rings. The maximum atomic E-state index is 10.6. The van der Waals surface area contributed by atoms with Crippen molar-refractivity contribution in [3.63, 3.8) is 0 Å². The van der Waals surface area contributed by atoms with Crippen molar-refractivity contribution < 1.29 is 10.0 Å². The summed E-state index contributed by atoms with van der Waals surface area (Å²) in [6.45, 7) is 0. The van der Waals surface area contributed by atoms with E-state index in [2.05, 4.69) is 0 Å². The second-order valence-electron chi connectivity index (χ2n) is 2.12. The highest BCUT2D eigenvalue weighted by molar-refractivity contribution is 5.78. The Morgan fingerprint density at radius 1 is 1.56 bits per heavy atom. The molecule has 0 aromatic heterocycles. The summed E-state index contributed by atoms with van der Waals surface area (Å²) in [6.07, 6.45) is 5.40. The van der Waals surface area contributed by atoms with Crippen molar-refractivity contribution in [1.29, 1.82) is 0 Å². The van der Waals surface area contributed by atoms with Gasteiger partial charge in [0.25, 0.3) is 0 Å². The number of allylic oxidation sites excluding steroid dienone is 2. The van der Waals surface area contributed by atoms with Crippen molar-refractivity contribution in [2.24, 2.45) is 5.92 Å². The molecule has 0 saturated heterocycles. The van der Waals surface area contributed by atoms with Crippen LogP contribution in [0.15, 0.2) is 12.2 Å². The lowest BCUT2D eigenvalue weighted by atomic mass is 10.1. The molecule has 0 atom stereocenters. The molecule has 0 saturated carbocycles. The summed E-state index contributed by atoms with van der Waals surface area (Å²) in [5.41, 5.74) is 1.63. The van der Waals surface area contributed by atoms with Crippen molar-refractivity contribution in [3.05, 3.63) is 12.2 Å². The van der Waals surface area contributed by atoms with E-state index in [4.69, 9.17) is 5.21 Å². The SMILES string of the molecule is O=C(NO)C1CC=CC1. The van der Waals surface area contributed by atoms with Gasteiger partial charge in [-0.1, -0.05) is 12.2 Å². The van der Waals surface area contributed by atoms with Gasteiger partial charge >= 0.3 is 0 Å². The fourth-order valence-corrected chi connectivity index (χ4v) is 0.923. The molecule has 0 heterocycles. The van der Waals surface area contributed by atoms with Crippen LogP contribution in [0.5, 0.6) is 0 Å². The van der Waals surface area contributed by atoms with Gasteiger partial charge in [-0.25, -0.2) is 5.48 Å². The molecule has 1 aliphatic rings. The Morgan fingerprint density at radius 2 is 2.11 bits per heavy atom. The maximum absolute atomic E-state index is 10.6. The molecule has 0 radical (unpaired) electrons. The maximum Gasteiger partial charge on any atom is 0.247 e. The van der Waals surface area contributed by atoms with E-state index in [-0.39, 0.29) is 11.8 Å². The second-order valence-corrected chi connectivity index (χ2v) is 2.12. The number of hydroxylamine groups is 1. The Bertz CT molecular complexity index is 134. The monoisotopic (exact) mass is 127 g/mol. The van der Waals surface area contributed by atoms with Crippen molar-refractivity contribution in [2.75, 3.05) is 0 Å². The number of carbonyl (C=O) groups excluding carboxylic acids is 1. The van der Waals surface area contributed by atoms with E-state index in [1.54, 1.807) is 5.48 Å².